The van der Waals surface area contributed by atoms with E-state index < -0.39 is 34.9 Å². The number of halogens is 1. The molecule has 0 radical (unpaired) electrons. The third kappa shape index (κ3) is 5.07. The predicted molar refractivity (Wildman–Crippen MR) is 108 cm³/mol. The van der Waals surface area contributed by atoms with E-state index in [4.69, 9.17) is 4.74 Å². The van der Waals surface area contributed by atoms with Gasteiger partial charge in [-0.05, 0) is 30.7 Å². The molecule has 0 unspecified atom stereocenters. The zero-order chi connectivity index (χ0) is 22.5. The molecule has 31 heavy (non-hydrogen) atoms. The Hall–Kier alpha value is -4.15. The number of nitro groups is 1. The zero-order valence-corrected chi connectivity index (χ0v) is 16.3. The van der Waals surface area contributed by atoms with Gasteiger partial charge in [0.05, 0.1) is 28.6 Å². The molecule has 1 N–H and O–H groups in total. The van der Waals surface area contributed by atoms with Crippen molar-refractivity contribution in [2.75, 3.05) is 11.9 Å². The first-order chi connectivity index (χ1) is 14.8. The summed E-state index contributed by atoms with van der Waals surface area (Å²) in [7, 11) is 0. The summed E-state index contributed by atoms with van der Waals surface area (Å²) in [6.45, 7) is 1.21. The van der Waals surface area contributed by atoms with Crippen molar-refractivity contribution >= 4 is 34.2 Å². The lowest BCUT2D eigenvalue weighted by molar-refractivity contribution is -0.387. The third-order valence-corrected chi connectivity index (χ3v) is 4.40. The van der Waals surface area contributed by atoms with E-state index in [0.717, 1.165) is 23.8 Å². The highest BCUT2D eigenvalue weighted by molar-refractivity contribution is 5.93. The molecule has 3 rings (SSSR count). The van der Waals surface area contributed by atoms with Crippen molar-refractivity contribution in [3.05, 3.63) is 74.6 Å². The third-order valence-electron chi connectivity index (χ3n) is 4.40. The minimum atomic E-state index is -1.04. The van der Waals surface area contributed by atoms with Crippen molar-refractivity contribution in [2.45, 2.75) is 19.9 Å². The lowest BCUT2D eigenvalue weighted by Crippen LogP contribution is -2.24. The highest BCUT2D eigenvalue weighted by Gasteiger charge is 2.16. The molecule has 1 heterocycles. The van der Waals surface area contributed by atoms with Gasteiger partial charge >= 0.3 is 11.7 Å². The molecule has 0 spiro atoms. The van der Waals surface area contributed by atoms with Crippen LogP contribution in [0, 0.1) is 22.9 Å². The second-order valence-electron chi connectivity index (χ2n) is 6.60. The van der Waals surface area contributed by atoms with E-state index in [0.29, 0.717) is 10.9 Å². The summed E-state index contributed by atoms with van der Waals surface area (Å²) in [5.41, 5.74) is 0.345. The van der Waals surface area contributed by atoms with E-state index in [-0.39, 0.29) is 24.2 Å². The summed E-state index contributed by atoms with van der Waals surface area (Å²) in [5, 5.41) is 13.4. The first kappa shape index (κ1) is 21.6. The van der Waals surface area contributed by atoms with Crippen LogP contribution in [-0.4, -0.2) is 33.0 Å². The monoisotopic (exact) mass is 428 g/mol. The number of fused-ring (bicyclic) bond motifs is 1. The Morgan fingerprint density at radius 2 is 2.06 bits per heavy atom. The number of nitrogens with one attached hydrogen (secondary N) is 1. The molecule has 2 aromatic carbocycles. The van der Waals surface area contributed by atoms with E-state index in [2.05, 4.69) is 10.3 Å². The van der Waals surface area contributed by atoms with Gasteiger partial charge in [-0.15, -0.1) is 0 Å². The van der Waals surface area contributed by atoms with Crippen LogP contribution in [0.3, 0.4) is 0 Å². The van der Waals surface area contributed by atoms with Crippen LogP contribution in [0.5, 0.6) is 0 Å². The summed E-state index contributed by atoms with van der Waals surface area (Å²) in [6.07, 6.45) is 1.17. The van der Waals surface area contributed by atoms with Gasteiger partial charge in [0.1, 0.15) is 0 Å². The molecule has 0 fully saturated rings. The van der Waals surface area contributed by atoms with Crippen molar-refractivity contribution in [3.8, 4) is 0 Å². The number of nitro benzene ring substituents is 1. The zero-order valence-electron chi connectivity index (χ0n) is 16.3. The van der Waals surface area contributed by atoms with Crippen molar-refractivity contribution in [1.29, 1.82) is 0 Å². The highest BCUT2D eigenvalue weighted by atomic mass is 19.1. The molecule has 0 atom stereocenters. The number of ether oxygens (including phenoxy) is 1. The average molecular weight is 428 g/mol. The number of aryl methyl sites for hydroxylation is 2. The minimum absolute atomic E-state index is 0.0142. The fraction of sp³-hybridized carbons (Fsp3) is 0.200. The van der Waals surface area contributed by atoms with E-state index >= 15 is 0 Å². The summed E-state index contributed by atoms with van der Waals surface area (Å²) in [4.78, 5) is 50.3. The fourth-order valence-electron chi connectivity index (χ4n) is 2.85. The molecule has 1 amide bonds. The molecule has 0 aliphatic heterocycles. The molecule has 0 saturated heterocycles. The predicted octanol–water partition coefficient (Wildman–Crippen LogP) is 2.32. The molecular weight excluding hydrogens is 411 g/mol. The number of nitrogens with zero attached hydrogens (tertiary/aromatic N) is 3. The van der Waals surface area contributed by atoms with Gasteiger partial charge in [-0.2, -0.15) is 4.39 Å². The fourth-order valence-corrected chi connectivity index (χ4v) is 2.85. The maximum atomic E-state index is 13.3. The lowest BCUT2D eigenvalue weighted by Gasteiger charge is -2.09. The molecule has 1 aromatic heterocycles. The number of carbonyl (C=O) groups excluding carboxylic acids is 2. The Labute approximate surface area is 174 Å². The van der Waals surface area contributed by atoms with Crippen LogP contribution >= 0.6 is 0 Å². The first-order valence-electron chi connectivity index (χ1n) is 9.10. The summed E-state index contributed by atoms with van der Waals surface area (Å²) < 4.78 is 19.4. The topological polar surface area (TPSA) is 133 Å². The number of amides is 1. The number of anilines is 1. The summed E-state index contributed by atoms with van der Waals surface area (Å²) >= 11 is 0. The van der Waals surface area contributed by atoms with E-state index in [1.54, 1.807) is 12.1 Å². The number of hydrogen-bond donors (Lipinski definition) is 1. The smallest absolute Gasteiger partial charge is 0.308 e. The Kier molecular flexibility index (Phi) is 6.34. The Morgan fingerprint density at radius 3 is 2.81 bits per heavy atom. The van der Waals surface area contributed by atoms with Gasteiger partial charge < -0.3 is 10.1 Å². The van der Waals surface area contributed by atoms with Gasteiger partial charge in [-0.25, -0.2) is 4.98 Å². The molecule has 0 aliphatic rings. The van der Waals surface area contributed by atoms with Gasteiger partial charge in [0.25, 0.3) is 11.5 Å². The quantitative estimate of drug-likeness (QED) is 0.347. The number of hydrogen-bond acceptors (Lipinski definition) is 7. The second kappa shape index (κ2) is 9.11. The maximum Gasteiger partial charge on any atom is 0.308 e. The normalized spacial score (nSPS) is 10.6. The number of para-hydroxylation sites is 1. The molecule has 0 saturated carbocycles. The van der Waals surface area contributed by atoms with Crippen molar-refractivity contribution in [3.63, 3.8) is 0 Å². The van der Waals surface area contributed by atoms with Crippen molar-refractivity contribution < 1.29 is 23.6 Å². The molecule has 0 aliphatic carbocycles. The second-order valence-corrected chi connectivity index (χ2v) is 6.60. The first-order valence-corrected chi connectivity index (χ1v) is 9.10. The molecular formula is C20H17FN4O6. The molecule has 11 heteroatoms. The van der Waals surface area contributed by atoms with Crippen LogP contribution in [0.25, 0.3) is 10.9 Å². The van der Waals surface area contributed by atoms with Crippen molar-refractivity contribution in [1.82, 2.24) is 9.55 Å². The van der Waals surface area contributed by atoms with Gasteiger partial charge in [0, 0.05) is 18.3 Å². The van der Waals surface area contributed by atoms with Gasteiger partial charge in [0.15, 0.2) is 6.61 Å². The number of rotatable bonds is 7. The molecule has 3 aromatic rings. The molecule has 0 bridgehead atoms. The van der Waals surface area contributed by atoms with Crippen LogP contribution in [0.2, 0.25) is 0 Å². The van der Waals surface area contributed by atoms with Crippen LogP contribution in [0.1, 0.15) is 12.0 Å². The number of benzene rings is 2. The standard InChI is InChI=1S/C20H17FN4O6/c1-12-3-2-4-14-19(12)22-11-24(20(14)28)8-7-18(27)31-10-17(26)23-13-5-6-15(21)16(9-13)25(29)30/h2-6,9,11H,7-8,10H2,1H3,(H,23,26). The van der Waals surface area contributed by atoms with Crippen LogP contribution in [0.4, 0.5) is 15.8 Å². The van der Waals surface area contributed by atoms with E-state index in [1.165, 1.54) is 10.9 Å². The van der Waals surface area contributed by atoms with E-state index in [1.807, 2.05) is 13.0 Å². The lowest BCUT2D eigenvalue weighted by atomic mass is 10.1. The SMILES string of the molecule is Cc1cccc2c(=O)n(CCC(=O)OCC(=O)Nc3ccc(F)c([N+](=O)[O-])c3)cnc12. The highest BCUT2D eigenvalue weighted by Crippen LogP contribution is 2.21. The number of esters is 1. The van der Waals surface area contributed by atoms with Crippen molar-refractivity contribution in [2.24, 2.45) is 0 Å². The van der Waals surface area contributed by atoms with Gasteiger partial charge in [0.2, 0.25) is 5.82 Å². The van der Waals surface area contributed by atoms with Crippen LogP contribution < -0.4 is 10.9 Å². The molecule has 160 valence electrons. The Balaban J connectivity index is 1.54. The maximum absolute atomic E-state index is 13.3. The summed E-state index contributed by atoms with van der Waals surface area (Å²) in [5.74, 6) is -2.52. The minimum Gasteiger partial charge on any atom is -0.456 e. The Bertz CT molecular complexity index is 1240. The molecule has 10 nitrogen and oxygen atoms in total. The number of aromatic nitrogens is 2. The number of carbonyl (C=O) groups is 2. The van der Waals surface area contributed by atoms with Gasteiger partial charge in [-0.1, -0.05) is 12.1 Å². The largest absolute Gasteiger partial charge is 0.456 e. The van der Waals surface area contributed by atoms with Crippen LogP contribution in [-0.2, 0) is 20.9 Å². The van der Waals surface area contributed by atoms with Gasteiger partial charge in [-0.3, -0.25) is 29.1 Å². The van der Waals surface area contributed by atoms with E-state index in [9.17, 15) is 28.9 Å². The average Bonchev–Trinajstić information content (AvgIpc) is 2.73. The Morgan fingerprint density at radius 1 is 1.29 bits per heavy atom. The summed E-state index contributed by atoms with van der Waals surface area (Å²) in [6, 6.07) is 8.07. The van der Waals surface area contributed by atoms with Crippen LogP contribution in [0.15, 0.2) is 47.5 Å².